The molecule has 0 aliphatic heterocycles. The molecule has 1 amide bonds. The van der Waals surface area contributed by atoms with E-state index in [9.17, 15) is 4.79 Å². The highest BCUT2D eigenvalue weighted by atomic mass is 35.5. The van der Waals surface area contributed by atoms with Crippen LogP contribution in [0.5, 0.6) is 17.2 Å². The number of methoxy groups -OCH3 is 3. The Labute approximate surface area is 236 Å². The van der Waals surface area contributed by atoms with Crippen molar-refractivity contribution in [2.24, 2.45) is 0 Å². The maximum Gasteiger partial charge on any atom is 0.249 e. The number of benzene rings is 3. The molecule has 2 aromatic heterocycles. The van der Waals surface area contributed by atoms with Crippen LogP contribution in [0.2, 0.25) is 5.02 Å². The fourth-order valence-electron chi connectivity index (χ4n) is 4.46. The summed E-state index contributed by atoms with van der Waals surface area (Å²) in [6.07, 6.45) is 3.10. The van der Waals surface area contributed by atoms with Crippen LogP contribution in [0, 0.1) is 6.92 Å². The summed E-state index contributed by atoms with van der Waals surface area (Å²) in [5.41, 5.74) is 4.09. The second-order valence-corrected chi connectivity index (χ2v) is 9.35. The number of para-hydroxylation sites is 2. The van der Waals surface area contributed by atoms with E-state index in [0.29, 0.717) is 46.1 Å². The number of anilines is 1. The van der Waals surface area contributed by atoms with Crippen molar-refractivity contribution < 1.29 is 19.0 Å². The van der Waals surface area contributed by atoms with Crippen molar-refractivity contribution >= 4 is 40.4 Å². The van der Waals surface area contributed by atoms with Gasteiger partial charge in [-0.15, -0.1) is 0 Å². The van der Waals surface area contributed by atoms with Crippen LogP contribution in [0.3, 0.4) is 0 Å². The van der Waals surface area contributed by atoms with Gasteiger partial charge >= 0.3 is 0 Å². The molecule has 0 bridgehead atoms. The molecule has 0 unspecified atom stereocenters. The Morgan fingerprint density at radius 1 is 0.975 bits per heavy atom. The number of aryl methyl sites for hydroxylation is 1. The van der Waals surface area contributed by atoms with Crippen LogP contribution >= 0.6 is 11.6 Å². The quantitative estimate of drug-likeness (QED) is 0.226. The Hall–Kier alpha value is -4.76. The van der Waals surface area contributed by atoms with Gasteiger partial charge < -0.3 is 24.1 Å². The van der Waals surface area contributed by atoms with Crippen LogP contribution in [0.25, 0.3) is 23.1 Å². The number of nitrogens with one attached hydrogen (secondary N) is 1. The van der Waals surface area contributed by atoms with Crippen molar-refractivity contribution in [3.05, 3.63) is 94.6 Å². The van der Waals surface area contributed by atoms with Crippen LogP contribution in [-0.4, -0.2) is 46.6 Å². The first-order chi connectivity index (χ1) is 19.4. The van der Waals surface area contributed by atoms with Gasteiger partial charge in [-0.05, 0) is 54.5 Å². The second kappa shape index (κ2) is 11.5. The predicted molar refractivity (Wildman–Crippen MR) is 156 cm³/mol. The first kappa shape index (κ1) is 26.8. The van der Waals surface area contributed by atoms with Crippen molar-refractivity contribution in [2.75, 3.05) is 26.6 Å². The van der Waals surface area contributed by atoms with Crippen LogP contribution in [0.15, 0.2) is 72.8 Å². The molecule has 0 atom stereocenters. The van der Waals surface area contributed by atoms with E-state index in [0.717, 1.165) is 22.3 Å². The lowest BCUT2D eigenvalue weighted by atomic mass is 10.1. The molecule has 5 aromatic rings. The highest BCUT2D eigenvalue weighted by molar-refractivity contribution is 6.31. The zero-order chi connectivity index (χ0) is 28.2. The van der Waals surface area contributed by atoms with Crippen LogP contribution in [-0.2, 0) is 11.3 Å². The summed E-state index contributed by atoms with van der Waals surface area (Å²) in [5.74, 6) is 2.15. The molecule has 0 aliphatic rings. The highest BCUT2D eigenvalue weighted by Crippen LogP contribution is 2.38. The third-order valence-electron chi connectivity index (χ3n) is 6.31. The van der Waals surface area contributed by atoms with Crippen molar-refractivity contribution in [1.82, 2.24) is 19.3 Å². The molecule has 0 radical (unpaired) electrons. The zero-order valence-corrected chi connectivity index (χ0v) is 23.3. The van der Waals surface area contributed by atoms with Gasteiger partial charge in [0.25, 0.3) is 0 Å². The van der Waals surface area contributed by atoms with Gasteiger partial charge in [0.05, 0.1) is 44.6 Å². The van der Waals surface area contributed by atoms with Gasteiger partial charge in [0.2, 0.25) is 17.6 Å². The number of amides is 1. The van der Waals surface area contributed by atoms with Crippen molar-refractivity contribution in [1.29, 1.82) is 0 Å². The second-order valence-electron chi connectivity index (χ2n) is 8.94. The van der Waals surface area contributed by atoms with Gasteiger partial charge in [-0.3, -0.25) is 4.79 Å². The summed E-state index contributed by atoms with van der Waals surface area (Å²) in [6, 6.07) is 20.8. The molecule has 9 nitrogen and oxygen atoms in total. The molecular formula is C30H28ClN5O4. The molecule has 10 heteroatoms. The van der Waals surface area contributed by atoms with Gasteiger partial charge in [-0.2, -0.15) is 9.78 Å². The SMILES string of the molecule is COc1cc(C=CC(=O)Nc2cc(C)nn2-c2nc3ccccc3n2Cc2ccccc2Cl)cc(OC)c1OC. The number of halogens is 1. The van der Waals surface area contributed by atoms with Gasteiger partial charge in [-0.25, -0.2) is 4.98 Å². The molecule has 1 N–H and O–H groups in total. The Kier molecular flexibility index (Phi) is 7.75. The monoisotopic (exact) mass is 557 g/mol. The fourth-order valence-corrected chi connectivity index (χ4v) is 4.65. The summed E-state index contributed by atoms with van der Waals surface area (Å²) >= 11 is 6.49. The number of carbonyl (C=O) groups excluding carboxylic acids is 1. The zero-order valence-electron chi connectivity index (χ0n) is 22.5. The number of imidazole rings is 1. The Morgan fingerprint density at radius 2 is 1.68 bits per heavy atom. The average Bonchev–Trinajstić information content (AvgIpc) is 3.51. The number of hydrogen-bond donors (Lipinski definition) is 1. The van der Waals surface area contributed by atoms with Crippen LogP contribution in [0.1, 0.15) is 16.8 Å². The molecule has 0 spiro atoms. The predicted octanol–water partition coefficient (Wildman–Crippen LogP) is 5.91. The number of aromatic nitrogens is 4. The van der Waals surface area contributed by atoms with Crippen molar-refractivity contribution in [2.45, 2.75) is 13.5 Å². The summed E-state index contributed by atoms with van der Waals surface area (Å²) in [5, 5.41) is 8.25. The third kappa shape index (κ3) is 5.37. The van der Waals surface area contributed by atoms with Crippen molar-refractivity contribution in [3.63, 3.8) is 0 Å². The molecule has 0 aliphatic carbocycles. The van der Waals surface area contributed by atoms with E-state index in [1.54, 1.807) is 43.2 Å². The van der Waals surface area contributed by atoms with Gasteiger partial charge in [-0.1, -0.05) is 41.9 Å². The summed E-state index contributed by atoms with van der Waals surface area (Å²) in [4.78, 5) is 17.9. The molecule has 2 heterocycles. The number of nitrogens with zero attached hydrogens (tertiary/aromatic N) is 4. The number of hydrogen-bond acceptors (Lipinski definition) is 6. The molecule has 5 rings (SSSR count). The van der Waals surface area contributed by atoms with Gasteiger partial charge in [0.15, 0.2) is 11.5 Å². The number of carbonyl (C=O) groups is 1. The molecule has 40 heavy (non-hydrogen) atoms. The minimum Gasteiger partial charge on any atom is -0.493 e. The largest absolute Gasteiger partial charge is 0.493 e. The summed E-state index contributed by atoms with van der Waals surface area (Å²) in [6.45, 7) is 2.34. The third-order valence-corrected chi connectivity index (χ3v) is 6.68. The fraction of sp³-hybridized carbons (Fsp3) is 0.167. The molecular weight excluding hydrogens is 530 g/mol. The maximum absolute atomic E-state index is 13.0. The molecule has 3 aromatic carbocycles. The smallest absolute Gasteiger partial charge is 0.249 e. The Balaban J connectivity index is 1.47. The lowest BCUT2D eigenvalue weighted by Gasteiger charge is -2.13. The topological polar surface area (TPSA) is 92.4 Å². The number of rotatable bonds is 9. The molecule has 204 valence electrons. The summed E-state index contributed by atoms with van der Waals surface area (Å²) in [7, 11) is 4.62. The lowest BCUT2D eigenvalue weighted by molar-refractivity contribution is -0.111. The minimum atomic E-state index is -0.344. The maximum atomic E-state index is 13.0. The first-order valence-electron chi connectivity index (χ1n) is 12.5. The van der Waals surface area contributed by atoms with E-state index in [1.165, 1.54) is 13.2 Å². The van der Waals surface area contributed by atoms with E-state index in [2.05, 4.69) is 10.4 Å². The van der Waals surface area contributed by atoms with E-state index in [4.69, 9.17) is 30.8 Å². The molecule has 0 saturated heterocycles. The molecule has 0 fully saturated rings. The van der Waals surface area contributed by atoms with Crippen LogP contribution in [0.4, 0.5) is 5.82 Å². The first-order valence-corrected chi connectivity index (χ1v) is 12.8. The normalized spacial score (nSPS) is 11.2. The number of ether oxygens (including phenoxy) is 3. The summed E-state index contributed by atoms with van der Waals surface area (Å²) < 4.78 is 19.9. The van der Waals surface area contributed by atoms with Crippen molar-refractivity contribution in [3.8, 4) is 23.2 Å². The number of fused-ring (bicyclic) bond motifs is 1. The van der Waals surface area contributed by atoms with E-state index in [-0.39, 0.29) is 5.91 Å². The Morgan fingerprint density at radius 3 is 2.38 bits per heavy atom. The Bertz CT molecular complexity index is 1700. The van der Waals surface area contributed by atoms with E-state index in [1.807, 2.05) is 60.0 Å². The van der Waals surface area contributed by atoms with Gasteiger partial charge in [0, 0.05) is 17.2 Å². The standard InChI is InChI=1S/C30H28ClN5O4/c1-19-15-27(33-28(37)14-13-20-16-25(38-2)29(40-4)26(17-20)39-3)36(34-19)30-32-23-11-7-8-12-24(23)35(30)18-21-9-5-6-10-22(21)31/h5-17H,18H2,1-4H3,(H,33,37). The minimum absolute atomic E-state index is 0.344. The highest BCUT2D eigenvalue weighted by Gasteiger charge is 2.19. The van der Waals surface area contributed by atoms with E-state index >= 15 is 0 Å². The van der Waals surface area contributed by atoms with Crippen LogP contribution < -0.4 is 19.5 Å². The van der Waals surface area contributed by atoms with Gasteiger partial charge in [0.1, 0.15) is 5.82 Å². The average molecular weight is 558 g/mol. The lowest BCUT2D eigenvalue weighted by Crippen LogP contribution is -2.16. The molecule has 0 saturated carbocycles. The van der Waals surface area contributed by atoms with E-state index < -0.39 is 0 Å².